The van der Waals surface area contributed by atoms with Crippen LogP contribution in [-0.4, -0.2) is 4.98 Å². The molecule has 25 heavy (non-hydrogen) atoms. The van der Waals surface area contributed by atoms with E-state index in [1.165, 1.54) is 0 Å². The summed E-state index contributed by atoms with van der Waals surface area (Å²) in [5.74, 6) is 0. The molecule has 0 atom stereocenters. The smallest absolute Gasteiger partial charge is 0.102 e. The number of nitrogens with zero attached hydrogens (tertiary/aromatic N) is 2. The van der Waals surface area contributed by atoms with Crippen molar-refractivity contribution in [1.29, 1.82) is 5.26 Å². The highest BCUT2D eigenvalue weighted by atomic mass is 35.5. The second kappa shape index (κ2) is 7.87. The van der Waals surface area contributed by atoms with Gasteiger partial charge in [-0.2, -0.15) is 5.26 Å². The molecule has 3 aromatic rings. The van der Waals surface area contributed by atoms with E-state index in [-0.39, 0.29) is 0 Å². The van der Waals surface area contributed by atoms with Gasteiger partial charge in [0.25, 0.3) is 0 Å². The Morgan fingerprint density at radius 2 is 1.84 bits per heavy atom. The Labute approximate surface area is 158 Å². The van der Waals surface area contributed by atoms with Crippen molar-refractivity contribution in [3.63, 3.8) is 0 Å². The van der Waals surface area contributed by atoms with E-state index in [2.05, 4.69) is 13.0 Å². The van der Waals surface area contributed by atoms with Gasteiger partial charge in [0.2, 0.25) is 0 Å². The first-order chi connectivity index (χ1) is 12.1. The maximum atomic E-state index is 9.86. The number of unbranched alkanes of at least 4 members (excludes halogenated alkanes) is 2. The molecule has 0 bridgehead atoms. The molecule has 0 N–H and O–H groups in total. The molecule has 4 heteroatoms. The van der Waals surface area contributed by atoms with Gasteiger partial charge in [0.1, 0.15) is 6.07 Å². The molecule has 0 aliphatic carbocycles. The fourth-order valence-electron chi connectivity index (χ4n) is 3.07. The van der Waals surface area contributed by atoms with Gasteiger partial charge in [-0.05, 0) is 48.7 Å². The fourth-order valence-corrected chi connectivity index (χ4v) is 3.44. The number of hydrogen-bond acceptors (Lipinski definition) is 2. The van der Waals surface area contributed by atoms with Crippen molar-refractivity contribution in [2.45, 2.75) is 32.6 Å². The van der Waals surface area contributed by atoms with Crippen LogP contribution in [0.15, 0.2) is 42.5 Å². The molecule has 126 valence electrons. The average Bonchev–Trinajstić information content (AvgIpc) is 2.61. The average molecular weight is 369 g/mol. The number of aromatic nitrogens is 1. The Balaban J connectivity index is 2.30. The second-order valence-corrected chi connectivity index (χ2v) is 6.92. The first-order valence-corrected chi connectivity index (χ1v) is 9.17. The zero-order valence-electron chi connectivity index (χ0n) is 14.0. The van der Waals surface area contributed by atoms with E-state index in [0.29, 0.717) is 15.6 Å². The normalized spacial score (nSPS) is 10.8. The number of halogens is 2. The molecule has 2 aromatic carbocycles. The van der Waals surface area contributed by atoms with Crippen molar-refractivity contribution >= 4 is 34.1 Å². The molecule has 3 rings (SSSR count). The van der Waals surface area contributed by atoms with Gasteiger partial charge in [0.15, 0.2) is 0 Å². The van der Waals surface area contributed by atoms with Gasteiger partial charge in [-0.1, -0.05) is 55.1 Å². The van der Waals surface area contributed by atoms with Crippen molar-refractivity contribution < 1.29 is 0 Å². The number of pyridine rings is 1. The van der Waals surface area contributed by atoms with Crippen LogP contribution in [0.2, 0.25) is 10.0 Å². The largest absolute Gasteiger partial charge is 0.251 e. The quantitative estimate of drug-likeness (QED) is 0.463. The van der Waals surface area contributed by atoms with Gasteiger partial charge in [0, 0.05) is 21.0 Å². The highest BCUT2D eigenvalue weighted by molar-refractivity contribution is 6.32. The second-order valence-electron chi connectivity index (χ2n) is 6.05. The van der Waals surface area contributed by atoms with Crippen LogP contribution in [0.5, 0.6) is 0 Å². The third-order valence-electron chi connectivity index (χ3n) is 4.26. The first-order valence-electron chi connectivity index (χ1n) is 8.42. The number of nitriles is 1. The number of rotatable bonds is 5. The highest BCUT2D eigenvalue weighted by Gasteiger charge is 2.17. The zero-order valence-corrected chi connectivity index (χ0v) is 15.5. The Morgan fingerprint density at radius 1 is 1.04 bits per heavy atom. The molecule has 0 aliphatic heterocycles. The molecule has 2 nitrogen and oxygen atoms in total. The molecule has 1 heterocycles. The Bertz CT molecular complexity index is 958. The lowest BCUT2D eigenvalue weighted by Gasteiger charge is -2.14. The summed E-state index contributed by atoms with van der Waals surface area (Å²) in [5, 5.41) is 12.0. The minimum Gasteiger partial charge on any atom is -0.251 e. The van der Waals surface area contributed by atoms with Crippen LogP contribution in [0.1, 0.15) is 37.4 Å². The van der Waals surface area contributed by atoms with Crippen molar-refractivity contribution in [2.24, 2.45) is 0 Å². The fraction of sp³-hybridized carbons (Fsp3) is 0.238. The number of aryl methyl sites for hydroxylation is 1. The van der Waals surface area contributed by atoms with Gasteiger partial charge < -0.3 is 0 Å². The van der Waals surface area contributed by atoms with E-state index in [0.717, 1.165) is 53.4 Å². The van der Waals surface area contributed by atoms with Crippen LogP contribution in [0, 0.1) is 11.3 Å². The maximum Gasteiger partial charge on any atom is 0.102 e. The summed E-state index contributed by atoms with van der Waals surface area (Å²) < 4.78 is 0. The van der Waals surface area contributed by atoms with Gasteiger partial charge in [-0.3, -0.25) is 4.98 Å². The van der Waals surface area contributed by atoms with Crippen LogP contribution in [0.3, 0.4) is 0 Å². The summed E-state index contributed by atoms with van der Waals surface area (Å²) >= 11 is 12.4. The van der Waals surface area contributed by atoms with Crippen LogP contribution in [0.4, 0.5) is 0 Å². The van der Waals surface area contributed by atoms with Gasteiger partial charge in [0.05, 0.1) is 16.8 Å². The van der Waals surface area contributed by atoms with Crippen LogP contribution in [-0.2, 0) is 6.42 Å². The SMILES string of the molecule is CCCCCc1nc2ccc(Cl)cc2c(-c2cccc(Cl)c2)c1C#N. The van der Waals surface area contributed by atoms with E-state index >= 15 is 0 Å². The number of benzene rings is 2. The highest BCUT2D eigenvalue weighted by Crippen LogP contribution is 2.35. The summed E-state index contributed by atoms with van der Waals surface area (Å²) in [6.07, 6.45) is 4.07. The molecular formula is C21H18Cl2N2. The molecule has 1 aromatic heterocycles. The minimum absolute atomic E-state index is 0.619. The monoisotopic (exact) mass is 368 g/mol. The standard InChI is InChI=1S/C21H18Cl2N2/c1-2-3-4-8-19-18(13-24)21(14-6-5-7-15(22)11-14)17-12-16(23)9-10-20(17)25-19/h5-7,9-12H,2-4,8H2,1H3. The lowest BCUT2D eigenvalue weighted by molar-refractivity contribution is 0.708. The lowest BCUT2D eigenvalue weighted by atomic mass is 9.93. The van der Waals surface area contributed by atoms with Crippen molar-refractivity contribution in [1.82, 2.24) is 4.98 Å². The number of hydrogen-bond donors (Lipinski definition) is 0. The first kappa shape index (κ1) is 17.7. The Kier molecular flexibility index (Phi) is 5.58. The minimum atomic E-state index is 0.619. The van der Waals surface area contributed by atoms with E-state index in [9.17, 15) is 5.26 Å². The molecule has 0 aliphatic rings. The molecular weight excluding hydrogens is 351 g/mol. The Morgan fingerprint density at radius 3 is 2.56 bits per heavy atom. The molecule has 0 saturated carbocycles. The summed E-state index contributed by atoms with van der Waals surface area (Å²) in [6, 6.07) is 15.6. The third-order valence-corrected chi connectivity index (χ3v) is 4.73. The van der Waals surface area contributed by atoms with E-state index in [1.807, 2.05) is 42.5 Å². The van der Waals surface area contributed by atoms with Crippen LogP contribution >= 0.6 is 23.2 Å². The van der Waals surface area contributed by atoms with E-state index < -0.39 is 0 Å². The predicted octanol–water partition coefficient (Wildman–Crippen LogP) is 6.81. The lowest BCUT2D eigenvalue weighted by Crippen LogP contribution is -2.00. The maximum absolute atomic E-state index is 9.86. The Hall–Kier alpha value is -2.08. The van der Waals surface area contributed by atoms with Crippen LogP contribution in [0.25, 0.3) is 22.0 Å². The molecule has 0 amide bonds. The third kappa shape index (κ3) is 3.79. The summed E-state index contributed by atoms with van der Waals surface area (Å²) in [5.41, 5.74) is 4.10. The van der Waals surface area contributed by atoms with Gasteiger partial charge >= 0.3 is 0 Å². The van der Waals surface area contributed by atoms with Crippen LogP contribution < -0.4 is 0 Å². The summed E-state index contributed by atoms with van der Waals surface area (Å²) in [4.78, 5) is 4.75. The van der Waals surface area contributed by atoms with Crippen molar-refractivity contribution in [3.8, 4) is 17.2 Å². The molecule has 0 saturated heterocycles. The molecule has 0 unspecified atom stereocenters. The topological polar surface area (TPSA) is 36.7 Å². The van der Waals surface area contributed by atoms with E-state index in [1.54, 1.807) is 0 Å². The summed E-state index contributed by atoms with van der Waals surface area (Å²) in [6.45, 7) is 2.17. The van der Waals surface area contributed by atoms with E-state index in [4.69, 9.17) is 28.2 Å². The van der Waals surface area contributed by atoms with Gasteiger partial charge in [-0.25, -0.2) is 0 Å². The van der Waals surface area contributed by atoms with Crippen molar-refractivity contribution in [2.75, 3.05) is 0 Å². The van der Waals surface area contributed by atoms with Gasteiger partial charge in [-0.15, -0.1) is 0 Å². The molecule has 0 fully saturated rings. The predicted molar refractivity (Wildman–Crippen MR) is 105 cm³/mol. The zero-order chi connectivity index (χ0) is 17.8. The van der Waals surface area contributed by atoms with Crippen molar-refractivity contribution in [3.05, 3.63) is 63.8 Å². The number of fused-ring (bicyclic) bond motifs is 1. The molecule has 0 radical (unpaired) electrons. The summed E-state index contributed by atoms with van der Waals surface area (Å²) in [7, 11) is 0. The molecule has 0 spiro atoms.